The van der Waals surface area contributed by atoms with Crippen LogP contribution in [-0.4, -0.2) is 18.1 Å². The van der Waals surface area contributed by atoms with E-state index in [9.17, 15) is 10.1 Å². The van der Waals surface area contributed by atoms with Crippen molar-refractivity contribution in [3.8, 4) is 11.8 Å². The van der Waals surface area contributed by atoms with Crippen LogP contribution < -0.4 is 10.1 Å². The fourth-order valence-corrected chi connectivity index (χ4v) is 2.16. The molecule has 4 heteroatoms. The number of benzene rings is 1. The molecule has 1 N–H and O–H groups in total. The highest BCUT2D eigenvalue weighted by Gasteiger charge is 2.30. The van der Waals surface area contributed by atoms with E-state index in [-0.39, 0.29) is 18.4 Å². The second-order valence-corrected chi connectivity index (χ2v) is 6.03. The van der Waals surface area contributed by atoms with Crippen LogP contribution in [0.25, 0.3) is 0 Å². The minimum atomic E-state index is -0.877. The maximum Gasteiger partial charge on any atom is 0.259 e. The summed E-state index contributed by atoms with van der Waals surface area (Å²) in [4.78, 5) is 12.0. The smallest absolute Gasteiger partial charge is 0.259 e. The highest BCUT2D eigenvalue weighted by atomic mass is 16.5. The summed E-state index contributed by atoms with van der Waals surface area (Å²) in [5.74, 6) is 0.473. The van der Waals surface area contributed by atoms with Crippen LogP contribution in [0.4, 0.5) is 0 Å². The molecule has 1 aromatic rings. The monoisotopic (exact) mass is 288 g/mol. The summed E-state index contributed by atoms with van der Waals surface area (Å²) >= 11 is 0. The molecule has 0 aromatic heterocycles. The molecule has 0 aliphatic carbocycles. The fraction of sp³-hybridized carbons (Fsp3) is 0.529. The lowest BCUT2D eigenvalue weighted by Crippen LogP contribution is -2.50. The van der Waals surface area contributed by atoms with Crippen molar-refractivity contribution in [3.05, 3.63) is 28.8 Å². The number of hydrogen-bond acceptors (Lipinski definition) is 3. The molecule has 1 rings (SSSR count). The molecule has 0 heterocycles. The Labute approximate surface area is 127 Å². The molecule has 0 aliphatic heterocycles. The number of ether oxygens (including phenoxy) is 1. The minimum Gasteiger partial charge on any atom is -0.483 e. The maximum atomic E-state index is 12.0. The average Bonchev–Trinajstić information content (AvgIpc) is 2.36. The molecule has 21 heavy (non-hydrogen) atoms. The molecule has 4 nitrogen and oxygen atoms in total. The van der Waals surface area contributed by atoms with Gasteiger partial charge in [0.1, 0.15) is 11.3 Å². The highest BCUT2D eigenvalue weighted by Crippen LogP contribution is 2.24. The van der Waals surface area contributed by atoms with Crippen molar-refractivity contribution in [2.75, 3.05) is 6.61 Å². The Hall–Kier alpha value is -2.02. The first-order chi connectivity index (χ1) is 9.69. The number of nitrogens with zero attached hydrogens (tertiary/aromatic N) is 1. The second kappa shape index (κ2) is 6.62. The first-order valence-electron chi connectivity index (χ1n) is 7.12. The lowest BCUT2D eigenvalue weighted by molar-refractivity contribution is -0.124. The highest BCUT2D eigenvalue weighted by molar-refractivity contribution is 5.79. The van der Waals surface area contributed by atoms with E-state index in [2.05, 4.69) is 11.4 Å². The van der Waals surface area contributed by atoms with E-state index in [4.69, 9.17) is 4.74 Å². The second-order valence-electron chi connectivity index (χ2n) is 6.03. The van der Waals surface area contributed by atoms with Gasteiger partial charge in [0.2, 0.25) is 0 Å². The van der Waals surface area contributed by atoms with Gasteiger partial charge in [0.25, 0.3) is 5.91 Å². The Morgan fingerprint density at radius 2 is 1.86 bits per heavy atom. The minimum absolute atomic E-state index is 0.0225. The van der Waals surface area contributed by atoms with E-state index in [0.717, 1.165) is 16.9 Å². The Kier molecular flexibility index (Phi) is 5.37. The van der Waals surface area contributed by atoms with E-state index >= 15 is 0 Å². The van der Waals surface area contributed by atoms with Gasteiger partial charge in [-0.1, -0.05) is 31.5 Å². The van der Waals surface area contributed by atoms with E-state index in [1.807, 2.05) is 46.8 Å². The SMILES string of the molecule is Cc1cc(C)c(OCC(=O)N[C@@](C)(C#N)C(C)C)c(C)c1. The summed E-state index contributed by atoms with van der Waals surface area (Å²) in [6, 6.07) is 6.19. The molecule has 1 amide bonds. The maximum absolute atomic E-state index is 12.0. The van der Waals surface area contributed by atoms with Gasteiger partial charge < -0.3 is 10.1 Å². The van der Waals surface area contributed by atoms with Crippen molar-refractivity contribution in [1.82, 2.24) is 5.32 Å². The van der Waals surface area contributed by atoms with Crippen molar-refractivity contribution in [1.29, 1.82) is 5.26 Å². The normalized spacial score (nSPS) is 13.4. The molecule has 1 aromatic carbocycles. The zero-order valence-corrected chi connectivity index (χ0v) is 13.7. The quantitative estimate of drug-likeness (QED) is 0.905. The molecule has 0 saturated carbocycles. The van der Waals surface area contributed by atoms with Crippen LogP contribution in [0.3, 0.4) is 0 Å². The molecule has 0 fully saturated rings. The van der Waals surface area contributed by atoms with Gasteiger partial charge in [-0.25, -0.2) is 0 Å². The van der Waals surface area contributed by atoms with E-state index in [1.165, 1.54) is 5.56 Å². The molecule has 114 valence electrons. The van der Waals surface area contributed by atoms with Gasteiger partial charge in [0.15, 0.2) is 6.61 Å². The third kappa shape index (κ3) is 4.22. The molecule has 0 bridgehead atoms. The van der Waals surface area contributed by atoms with Crippen molar-refractivity contribution in [2.45, 2.75) is 47.1 Å². The Morgan fingerprint density at radius 1 is 1.33 bits per heavy atom. The number of rotatable bonds is 5. The van der Waals surface area contributed by atoms with Gasteiger partial charge >= 0.3 is 0 Å². The van der Waals surface area contributed by atoms with Gasteiger partial charge in [-0.15, -0.1) is 0 Å². The summed E-state index contributed by atoms with van der Waals surface area (Å²) in [6.07, 6.45) is 0. The largest absolute Gasteiger partial charge is 0.483 e. The van der Waals surface area contributed by atoms with E-state index < -0.39 is 5.54 Å². The van der Waals surface area contributed by atoms with Crippen molar-refractivity contribution in [3.63, 3.8) is 0 Å². The van der Waals surface area contributed by atoms with Gasteiger partial charge in [-0.2, -0.15) is 5.26 Å². The van der Waals surface area contributed by atoms with Gasteiger partial charge in [0, 0.05) is 0 Å². The van der Waals surface area contributed by atoms with Gasteiger partial charge in [-0.05, 0) is 44.7 Å². The van der Waals surface area contributed by atoms with Crippen molar-refractivity contribution in [2.24, 2.45) is 5.92 Å². The summed E-state index contributed by atoms with van der Waals surface area (Å²) in [6.45, 7) is 11.4. The molecular weight excluding hydrogens is 264 g/mol. The summed E-state index contributed by atoms with van der Waals surface area (Å²) < 4.78 is 5.63. The predicted molar refractivity (Wildman–Crippen MR) is 83.1 cm³/mol. The molecule has 0 aliphatic rings. The van der Waals surface area contributed by atoms with Crippen molar-refractivity contribution < 1.29 is 9.53 Å². The molecule has 1 atom stereocenters. The zero-order valence-electron chi connectivity index (χ0n) is 13.7. The number of hydrogen-bond donors (Lipinski definition) is 1. The summed E-state index contributed by atoms with van der Waals surface area (Å²) in [5.41, 5.74) is 2.30. The van der Waals surface area contributed by atoms with Crippen LogP contribution in [0.5, 0.6) is 5.75 Å². The fourth-order valence-electron chi connectivity index (χ4n) is 2.16. The molecule has 0 radical (unpaired) electrons. The predicted octanol–water partition coefficient (Wildman–Crippen LogP) is 3.05. The molecular formula is C17H24N2O2. The number of carbonyl (C=O) groups excluding carboxylic acids is 1. The standard InChI is InChI=1S/C17H24N2O2/c1-11(2)17(6,10-18)19-15(20)9-21-16-13(4)7-12(3)8-14(16)5/h7-8,11H,9H2,1-6H3,(H,19,20)/t17-/m0/s1. The number of carbonyl (C=O) groups is 1. The van der Waals surface area contributed by atoms with Crippen molar-refractivity contribution >= 4 is 5.91 Å². The molecule has 0 unspecified atom stereocenters. The Balaban J connectivity index is 2.73. The third-order valence-electron chi connectivity index (χ3n) is 3.74. The van der Waals surface area contributed by atoms with Gasteiger partial charge in [0.05, 0.1) is 6.07 Å². The number of nitriles is 1. The Bertz CT molecular complexity index is 550. The van der Waals surface area contributed by atoms with Crippen LogP contribution >= 0.6 is 0 Å². The number of nitrogens with one attached hydrogen (secondary N) is 1. The first kappa shape index (κ1) is 17.0. The average molecular weight is 288 g/mol. The first-order valence-corrected chi connectivity index (χ1v) is 7.12. The van der Waals surface area contributed by atoms with Gasteiger partial charge in [-0.3, -0.25) is 4.79 Å². The zero-order chi connectivity index (χ0) is 16.2. The number of aryl methyl sites for hydroxylation is 3. The van der Waals surface area contributed by atoms with Crippen LogP contribution in [0, 0.1) is 38.0 Å². The summed E-state index contributed by atoms with van der Waals surface area (Å²) in [7, 11) is 0. The Morgan fingerprint density at radius 3 is 2.29 bits per heavy atom. The lowest BCUT2D eigenvalue weighted by Gasteiger charge is -2.27. The van der Waals surface area contributed by atoms with Crippen LogP contribution in [0.1, 0.15) is 37.5 Å². The lowest BCUT2D eigenvalue weighted by atomic mass is 9.90. The molecule has 0 spiro atoms. The van der Waals surface area contributed by atoms with Crippen LogP contribution in [0.15, 0.2) is 12.1 Å². The van der Waals surface area contributed by atoms with Crippen LogP contribution in [-0.2, 0) is 4.79 Å². The number of amides is 1. The topological polar surface area (TPSA) is 62.1 Å². The van der Waals surface area contributed by atoms with E-state index in [0.29, 0.717) is 0 Å². The summed E-state index contributed by atoms with van der Waals surface area (Å²) in [5, 5.41) is 11.9. The third-order valence-corrected chi connectivity index (χ3v) is 3.74. The molecule has 0 saturated heterocycles. The van der Waals surface area contributed by atoms with Crippen LogP contribution in [0.2, 0.25) is 0 Å². The van der Waals surface area contributed by atoms with E-state index in [1.54, 1.807) is 6.92 Å².